The Balaban J connectivity index is 2.14. The summed E-state index contributed by atoms with van der Waals surface area (Å²) >= 11 is 0. The third-order valence-corrected chi connectivity index (χ3v) is 4.85. The number of nitrogens with zero attached hydrogens (tertiary/aromatic N) is 1. The summed E-state index contributed by atoms with van der Waals surface area (Å²) in [5, 5.41) is 9.32. The molecule has 19 heavy (non-hydrogen) atoms. The third kappa shape index (κ3) is 2.93. The first kappa shape index (κ1) is 14.4. The van der Waals surface area contributed by atoms with E-state index < -0.39 is 11.9 Å². The van der Waals surface area contributed by atoms with Gasteiger partial charge in [0.2, 0.25) is 5.91 Å². The minimum Gasteiger partial charge on any atom is -0.481 e. The summed E-state index contributed by atoms with van der Waals surface area (Å²) in [6.07, 6.45) is 6.57. The molecule has 2 fully saturated rings. The Morgan fingerprint density at radius 2 is 1.42 bits per heavy atom. The second-order valence-corrected chi connectivity index (χ2v) is 6.21. The zero-order chi connectivity index (χ0) is 14.0. The van der Waals surface area contributed by atoms with Crippen molar-refractivity contribution in [3.63, 3.8) is 0 Å². The van der Waals surface area contributed by atoms with Crippen LogP contribution in [0.3, 0.4) is 0 Å². The number of carbonyl (C=O) groups excluding carboxylic acids is 1. The van der Waals surface area contributed by atoms with Gasteiger partial charge in [-0.1, -0.05) is 12.8 Å². The Kier molecular flexibility index (Phi) is 4.48. The Labute approximate surface area is 115 Å². The van der Waals surface area contributed by atoms with E-state index in [0.717, 1.165) is 32.1 Å². The topological polar surface area (TPSA) is 57.6 Å². The van der Waals surface area contributed by atoms with Gasteiger partial charge in [0.15, 0.2) is 0 Å². The van der Waals surface area contributed by atoms with E-state index in [0.29, 0.717) is 6.42 Å². The van der Waals surface area contributed by atoms with Crippen molar-refractivity contribution in [3.8, 4) is 0 Å². The van der Waals surface area contributed by atoms with Crippen molar-refractivity contribution >= 4 is 11.9 Å². The highest BCUT2D eigenvalue weighted by molar-refractivity contribution is 5.85. The Bertz CT molecular complexity index is 345. The van der Waals surface area contributed by atoms with Crippen molar-refractivity contribution in [3.05, 3.63) is 0 Å². The quantitative estimate of drug-likeness (QED) is 0.836. The lowest BCUT2D eigenvalue weighted by Crippen LogP contribution is -2.52. The van der Waals surface area contributed by atoms with Gasteiger partial charge in [-0.25, -0.2) is 0 Å². The summed E-state index contributed by atoms with van der Waals surface area (Å²) in [5.74, 6) is -1.47. The van der Waals surface area contributed by atoms with Crippen LogP contribution >= 0.6 is 0 Å². The number of hydrogen-bond donors (Lipinski definition) is 1. The number of carboxylic acid groups (broad SMARTS) is 1. The average molecular weight is 267 g/mol. The normalized spacial score (nSPS) is 36.0. The predicted octanol–water partition coefficient (Wildman–Crippen LogP) is 2.67. The fraction of sp³-hybridized carbons (Fsp3) is 0.867. The number of carbonyl (C=O) groups is 2. The smallest absolute Gasteiger partial charge is 0.307 e. The number of amides is 1. The van der Waals surface area contributed by atoms with E-state index in [1.165, 1.54) is 6.42 Å². The standard InChI is InChI=1S/C15H25NO3/c1-10-6-5-7-11(2)16(10)14(17)12-8-3-4-9-13(12)15(18)19/h10-13H,3-9H2,1-2H3,(H,18,19)/t10?,11?,12-,13+/m1/s1. The van der Waals surface area contributed by atoms with Crippen molar-refractivity contribution in [2.45, 2.75) is 70.9 Å². The van der Waals surface area contributed by atoms with Crippen LogP contribution in [0.25, 0.3) is 0 Å². The van der Waals surface area contributed by atoms with E-state index in [-0.39, 0.29) is 23.9 Å². The van der Waals surface area contributed by atoms with Crippen LogP contribution in [-0.4, -0.2) is 34.0 Å². The van der Waals surface area contributed by atoms with Gasteiger partial charge in [0.05, 0.1) is 11.8 Å². The first-order valence-electron chi connectivity index (χ1n) is 7.57. The van der Waals surface area contributed by atoms with Crippen LogP contribution in [0.5, 0.6) is 0 Å². The predicted molar refractivity (Wildman–Crippen MR) is 72.7 cm³/mol. The molecular formula is C15H25NO3. The summed E-state index contributed by atoms with van der Waals surface area (Å²) in [6.45, 7) is 4.18. The van der Waals surface area contributed by atoms with Crippen molar-refractivity contribution < 1.29 is 14.7 Å². The molecule has 2 unspecified atom stereocenters. The first-order valence-corrected chi connectivity index (χ1v) is 7.57. The molecule has 1 aliphatic carbocycles. The van der Waals surface area contributed by atoms with E-state index in [4.69, 9.17) is 0 Å². The van der Waals surface area contributed by atoms with E-state index in [2.05, 4.69) is 13.8 Å². The minimum atomic E-state index is -0.796. The number of hydrogen-bond acceptors (Lipinski definition) is 2. The maximum Gasteiger partial charge on any atom is 0.307 e. The number of likely N-dealkylation sites (tertiary alicyclic amines) is 1. The molecule has 0 radical (unpaired) electrons. The lowest BCUT2D eigenvalue weighted by atomic mass is 9.77. The molecule has 0 spiro atoms. The second-order valence-electron chi connectivity index (χ2n) is 6.21. The van der Waals surface area contributed by atoms with Gasteiger partial charge >= 0.3 is 5.97 Å². The number of piperidine rings is 1. The molecule has 1 aliphatic heterocycles. The molecule has 2 aliphatic rings. The molecule has 0 aromatic heterocycles. The van der Waals surface area contributed by atoms with Gasteiger partial charge in [-0.3, -0.25) is 9.59 Å². The molecule has 2 rings (SSSR count). The molecule has 4 nitrogen and oxygen atoms in total. The third-order valence-electron chi connectivity index (χ3n) is 4.85. The minimum absolute atomic E-state index is 0.0896. The SMILES string of the molecule is CC1CCCC(C)N1C(=O)[C@@H]1CCCC[C@@H]1C(=O)O. The van der Waals surface area contributed by atoms with E-state index in [9.17, 15) is 14.7 Å². The molecule has 1 saturated carbocycles. The molecule has 108 valence electrons. The van der Waals surface area contributed by atoms with E-state index in [1.807, 2.05) is 4.90 Å². The number of carboxylic acids is 1. The summed E-state index contributed by atoms with van der Waals surface area (Å²) < 4.78 is 0. The van der Waals surface area contributed by atoms with Gasteiger partial charge in [-0.15, -0.1) is 0 Å². The lowest BCUT2D eigenvalue weighted by Gasteiger charge is -2.42. The van der Waals surface area contributed by atoms with Crippen molar-refractivity contribution in [2.75, 3.05) is 0 Å². The van der Waals surface area contributed by atoms with Crippen LogP contribution in [0.1, 0.15) is 58.8 Å². The zero-order valence-corrected chi connectivity index (χ0v) is 12.0. The Morgan fingerprint density at radius 3 is 1.95 bits per heavy atom. The highest BCUT2D eigenvalue weighted by atomic mass is 16.4. The van der Waals surface area contributed by atoms with Gasteiger partial charge in [0.25, 0.3) is 0 Å². The van der Waals surface area contributed by atoms with Crippen LogP contribution < -0.4 is 0 Å². The highest BCUT2D eigenvalue weighted by Crippen LogP contribution is 2.34. The highest BCUT2D eigenvalue weighted by Gasteiger charge is 2.40. The molecule has 1 amide bonds. The monoisotopic (exact) mass is 267 g/mol. The van der Waals surface area contributed by atoms with Crippen molar-refractivity contribution in [1.29, 1.82) is 0 Å². The van der Waals surface area contributed by atoms with Crippen molar-refractivity contribution in [2.24, 2.45) is 11.8 Å². The molecular weight excluding hydrogens is 242 g/mol. The average Bonchev–Trinajstić information content (AvgIpc) is 2.38. The van der Waals surface area contributed by atoms with E-state index >= 15 is 0 Å². The fourth-order valence-corrected chi connectivity index (χ4v) is 3.77. The Hall–Kier alpha value is -1.06. The second kappa shape index (κ2) is 5.93. The Morgan fingerprint density at radius 1 is 0.895 bits per heavy atom. The molecule has 1 heterocycles. The maximum absolute atomic E-state index is 12.8. The van der Waals surface area contributed by atoms with Gasteiger partial charge in [0, 0.05) is 12.1 Å². The van der Waals surface area contributed by atoms with Gasteiger partial charge in [-0.05, 0) is 46.0 Å². The largest absolute Gasteiger partial charge is 0.481 e. The van der Waals surface area contributed by atoms with Gasteiger partial charge < -0.3 is 10.0 Å². The van der Waals surface area contributed by atoms with Gasteiger partial charge in [-0.2, -0.15) is 0 Å². The summed E-state index contributed by atoms with van der Waals surface area (Å²) in [5.41, 5.74) is 0. The summed E-state index contributed by atoms with van der Waals surface area (Å²) in [7, 11) is 0. The zero-order valence-electron chi connectivity index (χ0n) is 12.0. The first-order chi connectivity index (χ1) is 9.02. The maximum atomic E-state index is 12.8. The number of aliphatic carboxylic acids is 1. The van der Waals surface area contributed by atoms with Crippen LogP contribution in [0.2, 0.25) is 0 Å². The summed E-state index contributed by atoms with van der Waals surface area (Å²) in [4.78, 5) is 26.1. The van der Waals surface area contributed by atoms with Gasteiger partial charge in [0.1, 0.15) is 0 Å². The lowest BCUT2D eigenvalue weighted by molar-refractivity contribution is -0.155. The van der Waals surface area contributed by atoms with Crippen molar-refractivity contribution in [1.82, 2.24) is 4.90 Å². The molecule has 4 atom stereocenters. The van der Waals surface area contributed by atoms with E-state index in [1.54, 1.807) is 0 Å². The van der Waals surface area contributed by atoms with Crippen LogP contribution in [0.4, 0.5) is 0 Å². The molecule has 0 bridgehead atoms. The molecule has 1 saturated heterocycles. The summed E-state index contributed by atoms with van der Waals surface area (Å²) in [6, 6.07) is 0.514. The van der Waals surface area contributed by atoms with Crippen LogP contribution in [0.15, 0.2) is 0 Å². The fourth-order valence-electron chi connectivity index (χ4n) is 3.77. The molecule has 0 aromatic rings. The molecule has 4 heteroatoms. The van der Waals surface area contributed by atoms with Crippen LogP contribution in [-0.2, 0) is 9.59 Å². The molecule has 0 aromatic carbocycles. The molecule has 1 N–H and O–H groups in total. The number of rotatable bonds is 2. The van der Waals surface area contributed by atoms with Crippen LogP contribution in [0, 0.1) is 11.8 Å².